The van der Waals surface area contributed by atoms with Crippen LogP contribution in [0.1, 0.15) is 142 Å². The number of unbranched alkanes of at least 4 members (excludes halogenated alkanes) is 6. The Morgan fingerprint density at radius 3 is 1.59 bits per heavy atom. The van der Waals surface area contributed by atoms with Gasteiger partial charge in [-0.1, -0.05) is 192 Å². The Hall–Kier alpha value is -4.95. The number of aromatic amines is 1. The minimum absolute atomic E-state index is 0.0419. The van der Waals surface area contributed by atoms with Crippen LogP contribution in [0.2, 0.25) is 0 Å². The number of fused-ring (bicyclic) bond motifs is 7. The molecular weight excluding hydrogens is 701 g/mol. The number of rotatable bonds is 13. The first-order chi connectivity index (χ1) is 27.9. The van der Waals surface area contributed by atoms with Gasteiger partial charge in [0.2, 0.25) is 0 Å². The van der Waals surface area contributed by atoms with Gasteiger partial charge in [0.05, 0.1) is 16.9 Å². The lowest BCUT2D eigenvalue weighted by molar-refractivity contribution is 0.401. The van der Waals surface area contributed by atoms with E-state index in [2.05, 4.69) is 176 Å². The van der Waals surface area contributed by atoms with Crippen LogP contribution in [0.5, 0.6) is 0 Å². The number of para-hydroxylation sites is 1. The number of pyridine rings is 1. The van der Waals surface area contributed by atoms with Gasteiger partial charge < -0.3 is 4.98 Å². The Bertz CT molecular complexity index is 2450. The lowest BCUT2D eigenvalue weighted by atomic mass is 9.70. The highest BCUT2D eigenvalue weighted by Gasteiger charge is 2.44. The summed E-state index contributed by atoms with van der Waals surface area (Å²) in [5.41, 5.74) is 17.8. The smallest absolute Gasteiger partial charge is 0.0774 e. The van der Waals surface area contributed by atoms with Crippen molar-refractivity contribution in [2.24, 2.45) is 0 Å². The first-order valence-electron chi connectivity index (χ1n) is 22.3. The van der Waals surface area contributed by atoms with E-state index < -0.39 is 0 Å². The number of nitrogens with zero attached hydrogens (tertiary/aromatic N) is 1. The van der Waals surface area contributed by atoms with Crippen molar-refractivity contribution in [3.8, 4) is 44.8 Å². The fourth-order valence-electron chi connectivity index (χ4n) is 9.71. The monoisotopic (exact) mass is 765 g/mol. The van der Waals surface area contributed by atoms with Crippen LogP contribution in [0.15, 0.2) is 115 Å². The first kappa shape index (κ1) is 39.9. The summed E-state index contributed by atoms with van der Waals surface area (Å²) in [7, 11) is 0. The average Bonchev–Trinajstić information content (AvgIpc) is 3.73. The quantitative estimate of drug-likeness (QED) is 0.116. The van der Waals surface area contributed by atoms with E-state index in [1.807, 2.05) is 0 Å². The van der Waals surface area contributed by atoms with Crippen LogP contribution in [-0.2, 0) is 16.2 Å². The Balaban J connectivity index is 1.32. The Morgan fingerprint density at radius 2 is 1.03 bits per heavy atom. The molecule has 0 bridgehead atoms. The minimum atomic E-state index is -0.0419. The minimum Gasteiger partial charge on any atom is -0.354 e. The lowest BCUT2D eigenvalue weighted by Crippen LogP contribution is -2.25. The van der Waals surface area contributed by atoms with Crippen LogP contribution in [0, 0.1) is 0 Å². The molecule has 2 nitrogen and oxygen atoms in total. The molecule has 0 saturated carbocycles. The molecule has 5 aromatic carbocycles. The van der Waals surface area contributed by atoms with Crippen molar-refractivity contribution < 1.29 is 0 Å². The summed E-state index contributed by atoms with van der Waals surface area (Å²) in [6, 6.07) is 44.0. The number of nitrogens with one attached hydrogen (secondary N) is 1. The van der Waals surface area contributed by atoms with Crippen molar-refractivity contribution in [2.45, 2.75) is 136 Å². The zero-order chi connectivity index (χ0) is 40.7. The molecule has 2 aromatic heterocycles. The normalized spacial score (nSPS) is 13.7. The summed E-state index contributed by atoms with van der Waals surface area (Å²) >= 11 is 0. The average molecular weight is 765 g/mol. The molecule has 0 fully saturated rings. The summed E-state index contributed by atoms with van der Waals surface area (Å²) < 4.78 is 0. The maximum absolute atomic E-state index is 5.81. The van der Waals surface area contributed by atoms with E-state index in [4.69, 9.17) is 4.98 Å². The molecule has 0 radical (unpaired) electrons. The zero-order valence-electron chi connectivity index (χ0n) is 36.5. The van der Waals surface area contributed by atoms with Crippen LogP contribution >= 0.6 is 0 Å². The van der Waals surface area contributed by atoms with Crippen molar-refractivity contribution in [3.63, 3.8) is 0 Å². The standard InChI is InChI=1S/C56H64N2/c1-9-11-13-17-33-56(34-18-14-12-10-2)47-30-29-46-45-19-15-16-20-50(45)58-52(46)51(47)53-48(56)31-32-49(57-53)42-36-40(38-21-25-43(26-22-38)54(3,4)5)35-41(37-42)39-23-27-44(28-24-39)55(6,7)8/h15-16,19-32,35-37,58H,9-14,17-18,33-34H2,1-8H3. The highest BCUT2D eigenvalue weighted by Crippen LogP contribution is 2.56. The summed E-state index contributed by atoms with van der Waals surface area (Å²) in [6.45, 7) is 18.4. The van der Waals surface area contributed by atoms with E-state index in [0.717, 1.165) is 11.3 Å². The van der Waals surface area contributed by atoms with Crippen molar-refractivity contribution in [1.29, 1.82) is 0 Å². The van der Waals surface area contributed by atoms with Gasteiger partial charge in [0.1, 0.15) is 0 Å². The maximum Gasteiger partial charge on any atom is 0.0774 e. The number of benzene rings is 5. The molecule has 7 aromatic rings. The summed E-state index contributed by atoms with van der Waals surface area (Å²) in [5.74, 6) is 0. The first-order valence-corrected chi connectivity index (χ1v) is 22.3. The summed E-state index contributed by atoms with van der Waals surface area (Å²) in [6.07, 6.45) is 12.4. The summed E-state index contributed by atoms with van der Waals surface area (Å²) in [5, 5.41) is 2.58. The number of hydrogen-bond acceptors (Lipinski definition) is 1. The number of hydrogen-bond donors (Lipinski definition) is 1. The van der Waals surface area contributed by atoms with Gasteiger partial charge >= 0.3 is 0 Å². The molecule has 58 heavy (non-hydrogen) atoms. The molecule has 1 aliphatic carbocycles. The topological polar surface area (TPSA) is 28.7 Å². The molecule has 0 spiro atoms. The summed E-state index contributed by atoms with van der Waals surface area (Å²) in [4.78, 5) is 9.73. The molecule has 1 aliphatic rings. The van der Waals surface area contributed by atoms with Crippen LogP contribution in [0.4, 0.5) is 0 Å². The molecule has 0 unspecified atom stereocenters. The van der Waals surface area contributed by atoms with E-state index in [0.29, 0.717) is 0 Å². The van der Waals surface area contributed by atoms with Crippen LogP contribution in [0.3, 0.4) is 0 Å². The number of H-pyrrole nitrogens is 1. The molecule has 0 aliphatic heterocycles. The predicted molar refractivity (Wildman–Crippen MR) is 251 cm³/mol. The van der Waals surface area contributed by atoms with Gasteiger partial charge in [0, 0.05) is 32.8 Å². The van der Waals surface area contributed by atoms with Crippen molar-refractivity contribution >= 4 is 21.8 Å². The molecule has 0 saturated heterocycles. The highest BCUT2D eigenvalue weighted by molar-refractivity contribution is 6.13. The second-order valence-electron chi connectivity index (χ2n) is 19.3. The van der Waals surface area contributed by atoms with E-state index in [9.17, 15) is 0 Å². The Kier molecular flexibility index (Phi) is 11.0. The molecule has 298 valence electrons. The second-order valence-corrected chi connectivity index (χ2v) is 19.3. The van der Waals surface area contributed by atoms with Crippen LogP contribution < -0.4 is 0 Å². The third-order valence-electron chi connectivity index (χ3n) is 13.2. The third-order valence-corrected chi connectivity index (χ3v) is 13.2. The van der Waals surface area contributed by atoms with Gasteiger partial charge in [-0.2, -0.15) is 0 Å². The third kappa shape index (κ3) is 7.56. The Morgan fingerprint density at radius 1 is 0.500 bits per heavy atom. The molecule has 0 amide bonds. The van der Waals surface area contributed by atoms with Crippen LogP contribution in [0.25, 0.3) is 66.6 Å². The second kappa shape index (κ2) is 16.0. The molecule has 2 heterocycles. The fourth-order valence-corrected chi connectivity index (χ4v) is 9.71. The van der Waals surface area contributed by atoms with Gasteiger partial charge in [-0.25, -0.2) is 4.98 Å². The lowest BCUT2D eigenvalue weighted by Gasteiger charge is -2.32. The van der Waals surface area contributed by atoms with Gasteiger partial charge in [-0.05, 0) is 98.5 Å². The van der Waals surface area contributed by atoms with Crippen molar-refractivity contribution in [1.82, 2.24) is 9.97 Å². The van der Waals surface area contributed by atoms with E-state index in [-0.39, 0.29) is 16.2 Å². The predicted octanol–water partition coefficient (Wildman–Crippen LogP) is 16.5. The van der Waals surface area contributed by atoms with E-state index >= 15 is 0 Å². The van der Waals surface area contributed by atoms with Crippen molar-refractivity contribution in [2.75, 3.05) is 0 Å². The zero-order valence-corrected chi connectivity index (χ0v) is 36.5. The van der Waals surface area contributed by atoms with Gasteiger partial charge in [0.25, 0.3) is 0 Å². The number of aromatic nitrogens is 2. The SMILES string of the molecule is CCCCCCC1(CCCCCC)c2ccc(-c3cc(-c4ccc(C(C)(C)C)cc4)cc(-c4ccc(C(C)(C)C)cc4)c3)nc2-c2c1ccc1c2[nH]c2ccccc21. The largest absolute Gasteiger partial charge is 0.354 e. The fraction of sp³-hybridized carbons (Fsp3) is 0.375. The van der Waals surface area contributed by atoms with E-state index in [1.54, 1.807) is 0 Å². The van der Waals surface area contributed by atoms with Gasteiger partial charge in [0.15, 0.2) is 0 Å². The van der Waals surface area contributed by atoms with E-state index in [1.165, 1.54) is 142 Å². The maximum atomic E-state index is 5.81. The highest BCUT2D eigenvalue weighted by atomic mass is 14.8. The van der Waals surface area contributed by atoms with Gasteiger partial charge in [-0.15, -0.1) is 0 Å². The molecule has 8 rings (SSSR count). The van der Waals surface area contributed by atoms with Crippen molar-refractivity contribution in [3.05, 3.63) is 138 Å². The molecule has 2 heteroatoms. The molecular formula is C56H64N2. The molecule has 0 atom stereocenters. The Labute approximate surface area is 348 Å². The van der Waals surface area contributed by atoms with Crippen LogP contribution in [-0.4, -0.2) is 9.97 Å². The molecule has 1 N–H and O–H groups in total. The van der Waals surface area contributed by atoms with Gasteiger partial charge in [-0.3, -0.25) is 0 Å².